The average molecular weight is 494 g/mol. The number of allylic oxidation sites excluding steroid dienone is 1. The number of hydrogen-bond donors (Lipinski definition) is 2. The molecule has 5 rings (SSSR count). The van der Waals surface area contributed by atoms with E-state index in [-0.39, 0.29) is 36.2 Å². The maximum absolute atomic E-state index is 13.4. The number of phenols is 1. The van der Waals surface area contributed by atoms with E-state index in [0.29, 0.717) is 19.6 Å². The van der Waals surface area contributed by atoms with Crippen molar-refractivity contribution in [2.45, 2.75) is 45.3 Å². The van der Waals surface area contributed by atoms with Crippen LogP contribution in [0.1, 0.15) is 43.0 Å². The van der Waals surface area contributed by atoms with Gasteiger partial charge in [0.15, 0.2) is 0 Å². The summed E-state index contributed by atoms with van der Waals surface area (Å²) >= 11 is 1.55. The number of hydrogen-bond acceptors (Lipinski definition) is 6. The van der Waals surface area contributed by atoms with Crippen LogP contribution in [0.3, 0.4) is 0 Å². The highest BCUT2D eigenvalue weighted by molar-refractivity contribution is 7.09. The molecule has 35 heavy (non-hydrogen) atoms. The molecule has 2 N–H and O–H groups in total. The summed E-state index contributed by atoms with van der Waals surface area (Å²) in [5.74, 6) is -0.904. The Labute approximate surface area is 209 Å². The second-order valence-electron chi connectivity index (χ2n) is 9.61. The molecule has 2 amide bonds. The highest BCUT2D eigenvalue weighted by atomic mass is 32.1. The zero-order chi connectivity index (χ0) is 24.5. The first kappa shape index (κ1) is 24.0. The summed E-state index contributed by atoms with van der Waals surface area (Å²) in [6, 6.07) is 11.0. The minimum atomic E-state index is -0.402. The molecule has 0 radical (unpaired) electrons. The normalized spacial score (nSPS) is 26.5. The van der Waals surface area contributed by atoms with E-state index in [1.807, 2.05) is 29.6 Å². The molecule has 2 saturated heterocycles. The third kappa shape index (κ3) is 4.60. The van der Waals surface area contributed by atoms with Crippen LogP contribution in [0, 0.1) is 17.8 Å². The van der Waals surface area contributed by atoms with Crippen LogP contribution in [0.15, 0.2) is 58.5 Å². The molecule has 3 aliphatic rings. The summed E-state index contributed by atoms with van der Waals surface area (Å²) in [6.07, 6.45) is 4.94. The maximum Gasteiger partial charge on any atom is 0.234 e. The number of aliphatic hydroxyl groups excluding tert-OH is 1. The van der Waals surface area contributed by atoms with E-state index in [1.54, 1.807) is 23.5 Å². The fourth-order valence-corrected chi connectivity index (χ4v) is 6.57. The number of benzene rings is 1. The number of phenolic OH excluding ortho intramolecular Hbond substituents is 1. The fourth-order valence-electron chi connectivity index (χ4n) is 5.87. The number of thiophene rings is 1. The maximum atomic E-state index is 13.4. The highest BCUT2D eigenvalue weighted by Gasteiger charge is 2.56. The van der Waals surface area contributed by atoms with Crippen molar-refractivity contribution in [2.75, 3.05) is 13.2 Å². The van der Waals surface area contributed by atoms with Crippen molar-refractivity contribution in [2.24, 2.45) is 17.8 Å². The Balaban J connectivity index is 1.33. The molecule has 6 nitrogen and oxygen atoms in total. The molecule has 2 aliphatic heterocycles. The van der Waals surface area contributed by atoms with Crippen molar-refractivity contribution < 1.29 is 24.5 Å². The topological polar surface area (TPSA) is 87.1 Å². The Morgan fingerprint density at radius 2 is 1.97 bits per heavy atom. The zero-order valence-corrected chi connectivity index (χ0v) is 20.7. The minimum absolute atomic E-state index is 0.0985. The number of likely N-dealkylation sites (tertiary alicyclic amines) is 1. The number of amides is 2. The number of aliphatic hydroxyl groups is 1. The molecule has 184 valence electrons. The molecule has 4 atom stereocenters. The van der Waals surface area contributed by atoms with Gasteiger partial charge in [0.25, 0.3) is 0 Å². The van der Waals surface area contributed by atoms with Crippen molar-refractivity contribution >= 4 is 29.2 Å². The van der Waals surface area contributed by atoms with Crippen molar-refractivity contribution in [3.05, 3.63) is 68.9 Å². The van der Waals surface area contributed by atoms with Gasteiger partial charge in [-0.1, -0.05) is 36.8 Å². The van der Waals surface area contributed by atoms with Crippen LogP contribution in [-0.2, 0) is 20.9 Å². The van der Waals surface area contributed by atoms with Gasteiger partial charge < -0.3 is 14.9 Å². The number of nitrogens with zero attached hydrogens (tertiary/aromatic N) is 1. The highest BCUT2D eigenvalue weighted by Crippen LogP contribution is 2.50. The second kappa shape index (κ2) is 10.1. The van der Waals surface area contributed by atoms with Gasteiger partial charge in [0.1, 0.15) is 5.75 Å². The first-order chi connectivity index (χ1) is 17.0. The first-order valence-electron chi connectivity index (χ1n) is 12.3. The number of carbonyl (C=O) groups excluding carboxylic acids is 2. The van der Waals surface area contributed by atoms with Gasteiger partial charge in [0, 0.05) is 10.8 Å². The molecule has 2 aromatic rings. The van der Waals surface area contributed by atoms with Crippen LogP contribution in [0.4, 0.5) is 0 Å². The van der Waals surface area contributed by atoms with Crippen LogP contribution in [-0.4, -0.2) is 46.2 Å². The van der Waals surface area contributed by atoms with Crippen LogP contribution in [0.2, 0.25) is 0 Å². The van der Waals surface area contributed by atoms with Gasteiger partial charge in [-0.15, -0.1) is 11.3 Å². The van der Waals surface area contributed by atoms with Gasteiger partial charge in [-0.25, -0.2) is 0 Å². The monoisotopic (exact) mass is 493 g/mol. The molecule has 0 saturated carbocycles. The van der Waals surface area contributed by atoms with E-state index in [1.165, 1.54) is 10.5 Å². The largest absolute Gasteiger partial charge is 0.508 e. The summed E-state index contributed by atoms with van der Waals surface area (Å²) in [5.41, 5.74) is 4.24. The third-order valence-corrected chi connectivity index (χ3v) is 8.49. The van der Waals surface area contributed by atoms with Gasteiger partial charge in [-0.05, 0) is 66.0 Å². The summed E-state index contributed by atoms with van der Waals surface area (Å²) in [6.45, 7) is 2.76. The van der Waals surface area contributed by atoms with Crippen molar-refractivity contribution in [1.82, 2.24) is 4.90 Å². The Kier molecular flexibility index (Phi) is 6.91. The SMILES string of the molecule is CC/C(=C\c1ccc(O)cc1)CC[C@H]1OC[C@H]2C1=C(CO)C[C@H]1C(=O)N(Cc3cccs3)C(=O)[C@H]12. The fraction of sp³-hybridized carbons (Fsp3) is 0.429. The van der Waals surface area contributed by atoms with Crippen molar-refractivity contribution in [1.29, 1.82) is 0 Å². The lowest BCUT2D eigenvalue weighted by molar-refractivity contribution is -0.140. The molecule has 1 aromatic heterocycles. The molecule has 0 spiro atoms. The predicted molar refractivity (Wildman–Crippen MR) is 134 cm³/mol. The molecule has 7 heteroatoms. The third-order valence-electron chi connectivity index (χ3n) is 7.63. The molecule has 1 aliphatic carbocycles. The zero-order valence-electron chi connectivity index (χ0n) is 19.9. The second-order valence-corrected chi connectivity index (χ2v) is 10.6. The lowest BCUT2D eigenvalue weighted by atomic mass is 9.69. The number of rotatable bonds is 8. The smallest absolute Gasteiger partial charge is 0.234 e. The number of imide groups is 1. The molecule has 0 bridgehead atoms. The molecular formula is C28H31NO5S. The van der Waals surface area contributed by atoms with E-state index in [4.69, 9.17) is 4.74 Å². The molecule has 2 fully saturated rings. The Hall–Kier alpha value is -2.74. The Bertz CT molecular complexity index is 1150. The molecule has 3 heterocycles. The van der Waals surface area contributed by atoms with Gasteiger partial charge in [0.05, 0.1) is 37.7 Å². The number of aromatic hydroxyl groups is 1. The van der Waals surface area contributed by atoms with Gasteiger partial charge in [0.2, 0.25) is 11.8 Å². The van der Waals surface area contributed by atoms with Crippen LogP contribution < -0.4 is 0 Å². The minimum Gasteiger partial charge on any atom is -0.508 e. The van der Waals surface area contributed by atoms with E-state index in [9.17, 15) is 19.8 Å². The van der Waals surface area contributed by atoms with Crippen molar-refractivity contribution in [3.63, 3.8) is 0 Å². The van der Waals surface area contributed by atoms with Gasteiger partial charge >= 0.3 is 0 Å². The number of carbonyl (C=O) groups is 2. The molecular weight excluding hydrogens is 462 g/mol. The number of ether oxygens (including phenoxy) is 1. The van der Waals surface area contributed by atoms with Crippen LogP contribution in [0.5, 0.6) is 5.75 Å². The Morgan fingerprint density at radius 3 is 2.66 bits per heavy atom. The van der Waals surface area contributed by atoms with Crippen molar-refractivity contribution in [3.8, 4) is 5.75 Å². The number of fused-ring (bicyclic) bond motifs is 3. The van der Waals surface area contributed by atoms with E-state index in [0.717, 1.165) is 40.8 Å². The molecule has 0 unspecified atom stereocenters. The summed E-state index contributed by atoms with van der Waals surface area (Å²) in [5, 5.41) is 21.7. The standard InChI is InChI=1S/C28H31NO5S/c1-2-17(12-18-5-8-20(31)9-6-18)7-10-24-25-19(15-30)13-22-26(23(25)16-34-24)28(33)29(27(22)32)14-21-4-3-11-35-21/h3-6,8-9,11-12,22-24,26,30-31H,2,7,10,13-16H2,1H3/b17-12+/t22-,23+,24-,26-/m1/s1. The van der Waals surface area contributed by atoms with E-state index < -0.39 is 11.8 Å². The van der Waals surface area contributed by atoms with Gasteiger partial charge in [-0.2, -0.15) is 0 Å². The van der Waals surface area contributed by atoms with Gasteiger partial charge in [-0.3, -0.25) is 14.5 Å². The Morgan fingerprint density at radius 1 is 1.17 bits per heavy atom. The average Bonchev–Trinajstić information content (AvgIpc) is 3.59. The lowest BCUT2D eigenvalue weighted by Crippen LogP contribution is -2.34. The summed E-state index contributed by atoms with van der Waals surface area (Å²) < 4.78 is 6.22. The molecule has 1 aromatic carbocycles. The van der Waals surface area contributed by atoms with E-state index in [2.05, 4.69) is 13.0 Å². The quantitative estimate of drug-likeness (QED) is 0.417. The van der Waals surface area contributed by atoms with Crippen LogP contribution >= 0.6 is 11.3 Å². The predicted octanol–water partition coefficient (Wildman–Crippen LogP) is 4.54. The first-order valence-corrected chi connectivity index (χ1v) is 13.2. The lowest BCUT2D eigenvalue weighted by Gasteiger charge is -2.31. The van der Waals surface area contributed by atoms with E-state index >= 15 is 0 Å². The van der Waals surface area contributed by atoms with Crippen LogP contribution in [0.25, 0.3) is 6.08 Å². The summed E-state index contributed by atoms with van der Waals surface area (Å²) in [4.78, 5) is 29.0. The summed E-state index contributed by atoms with van der Waals surface area (Å²) in [7, 11) is 0.